The van der Waals surface area contributed by atoms with Gasteiger partial charge in [-0.25, -0.2) is 0 Å². The first-order valence-corrected chi connectivity index (χ1v) is 7.61. The summed E-state index contributed by atoms with van der Waals surface area (Å²) in [5.74, 6) is 0. The van der Waals surface area contributed by atoms with E-state index in [0.717, 1.165) is 0 Å². The number of hydrogen-bond donors (Lipinski definition) is 0. The molecule has 1 fully saturated rings. The minimum atomic E-state index is -0.306. The lowest BCUT2D eigenvalue weighted by Gasteiger charge is -2.32. The van der Waals surface area contributed by atoms with Crippen LogP contribution in [0.4, 0.5) is 5.69 Å². The number of rotatable bonds is 2. The molecule has 0 atom stereocenters. The first kappa shape index (κ1) is 16.4. The molecule has 0 bridgehead atoms. The van der Waals surface area contributed by atoms with Crippen molar-refractivity contribution in [3.05, 3.63) is 22.8 Å². The van der Waals surface area contributed by atoms with Crippen molar-refractivity contribution in [1.82, 2.24) is 0 Å². The van der Waals surface area contributed by atoms with Crippen LogP contribution in [-0.4, -0.2) is 32.4 Å². The first-order chi connectivity index (χ1) is 9.48. The number of nitrogens with zero attached hydrogens (tertiary/aromatic N) is 1. The van der Waals surface area contributed by atoms with Crippen LogP contribution in [0.25, 0.3) is 0 Å². The molecule has 4 heteroatoms. The SMILES string of the molecule is Cc1cc(C)c(N(C)C)c(C)c1B1OC(C)(C)C(C)(C)O1. The molecule has 0 N–H and O–H groups in total. The van der Waals surface area contributed by atoms with Gasteiger partial charge in [0, 0.05) is 19.8 Å². The van der Waals surface area contributed by atoms with Gasteiger partial charge in [0.15, 0.2) is 0 Å². The quantitative estimate of drug-likeness (QED) is 0.781. The molecule has 0 aromatic heterocycles. The fraction of sp³-hybridized carbons (Fsp3) is 0.647. The third kappa shape index (κ3) is 2.60. The summed E-state index contributed by atoms with van der Waals surface area (Å²) in [7, 11) is 3.87. The average Bonchev–Trinajstić information content (AvgIpc) is 2.45. The molecule has 3 nitrogen and oxygen atoms in total. The van der Waals surface area contributed by atoms with E-state index in [4.69, 9.17) is 9.31 Å². The van der Waals surface area contributed by atoms with Crippen LogP contribution >= 0.6 is 0 Å². The largest absolute Gasteiger partial charge is 0.495 e. The second kappa shape index (κ2) is 5.03. The minimum absolute atomic E-state index is 0.297. The smallest absolute Gasteiger partial charge is 0.399 e. The maximum absolute atomic E-state index is 6.25. The Morgan fingerprint density at radius 2 is 1.38 bits per heavy atom. The highest BCUT2D eigenvalue weighted by Gasteiger charge is 2.52. The predicted molar refractivity (Wildman–Crippen MR) is 90.7 cm³/mol. The van der Waals surface area contributed by atoms with Gasteiger partial charge < -0.3 is 14.2 Å². The molecule has 0 spiro atoms. The van der Waals surface area contributed by atoms with E-state index in [1.54, 1.807) is 0 Å². The Kier molecular flexibility index (Phi) is 3.92. The zero-order chi connectivity index (χ0) is 16.2. The summed E-state index contributed by atoms with van der Waals surface area (Å²) in [5.41, 5.74) is 5.58. The summed E-state index contributed by atoms with van der Waals surface area (Å²) in [6.07, 6.45) is 0. The third-order valence-electron chi connectivity index (χ3n) is 4.93. The summed E-state index contributed by atoms with van der Waals surface area (Å²) in [5, 5.41) is 0. The van der Waals surface area contributed by atoms with Crippen LogP contribution in [0.15, 0.2) is 6.07 Å². The Bertz CT molecular complexity index is 548. The van der Waals surface area contributed by atoms with Crippen LogP contribution in [0.3, 0.4) is 0 Å². The normalized spacial score (nSPS) is 20.0. The highest BCUT2D eigenvalue weighted by atomic mass is 16.7. The average molecular weight is 289 g/mol. The van der Waals surface area contributed by atoms with Gasteiger partial charge in [0.05, 0.1) is 11.2 Å². The molecule has 1 heterocycles. The van der Waals surface area contributed by atoms with E-state index in [0.29, 0.717) is 0 Å². The fourth-order valence-electron chi connectivity index (χ4n) is 3.20. The highest BCUT2D eigenvalue weighted by Crippen LogP contribution is 2.37. The van der Waals surface area contributed by atoms with Gasteiger partial charge in [-0.2, -0.15) is 0 Å². The van der Waals surface area contributed by atoms with Gasteiger partial charge in [-0.1, -0.05) is 11.6 Å². The molecule has 0 amide bonds. The predicted octanol–water partition coefficient (Wildman–Crippen LogP) is 2.98. The number of aryl methyl sites for hydroxylation is 2. The van der Waals surface area contributed by atoms with Crippen LogP contribution < -0.4 is 10.4 Å². The van der Waals surface area contributed by atoms with Crippen LogP contribution in [0, 0.1) is 20.8 Å². The van der Waals surface area contributed by atoms with E-state index in [-0.39, 0.29) is 18.3 Å². The molecule has 116 valence electrons. The molecule has 0 aliphatic carbocycles. The van der Waals surface area contributed by atoms with E-state index >= 15 is 0 Å². The molecule has 0 unspecified atom stereocenters. The molecule has 0 saturated carbocycles. The second-order valence-corrected chi connectivity index (χ2v) is 7.38. The molecular formula is C17H28BNO2. The van der Waals surface area contributed by atoms with Gasteiger partial charge >= 0.3 is 7.12 Å². The topological polar surface area (TPSA) is 21.7 Å². The number of anilines is 1. The van der Waals surface area contributed by atoms with Gasteiger partial charge in [-0.05, 0) is 65.1 Å². The van der Waals surface area contributed by atoms with Crippen LogP contribution in [-0.2, 0) is 9.31 Å². The fourth-order valence-corrected chi connectivity index (χ4v) is 3.20. The van der Waals surface area contributed by atoms with Crippen molar-refractivity contribution in [3.63, 3.8) is 0 Å². The lowest BCUT2D eigenvalue weighted by atomic mass is 9.72. The van der Waals surface area contributed by atoms with E-state index in [1.165, 1.54) is 27.8 Å². The standard InChI is InChI=1S/C17H28BNO2/c1-11-10-12(2)15(19(8)9)13(3)14(11)18-20-16(4,5)17(6,7)21-18/h10H,1-9H3. The van der Waals surface area contributed by atoms with E-state index < -0.39 is 0 Å². The zero-order valence-electron chi connectivity index (χ0n) is 14.9. The van der Waals surface area contributed by atoms with Crippen molar-refractivity contribution in [3.8, 4) is 0 Å². The van der Waals surface area contributed by atoms with Gasteiger partial charge in [0.1, 0.15) is 0 Å². The Hall–Kier alpha value is -0.995. The summed E-state index contributed by atoms with van der Waals surface area (Å²) < 4.78 is 12.5. The minimum Gasteiger partial charge on any atom is -0.399 e. The lowest BCUT2D eigenvalue weighted by molar-refractivity contribution is 0.00578. The van der Waals surface area contributed by atoms with Crippen LogP contribution in [0.5, 0.6) is 0 Å². The molecule has 2 rings (SSSR count). The molecule has 0 radical (unpaired) electrons. The van der Waals surface area contributed by atoms with Crippen LogP contribution in [0.2, 0.25) is 0 Å². The number of benzene rings is 1. The third-order valence-corrected chi connectivity index (χ3v) is 4.93. The molecule has 1 aromatic rings. The molecule has 1 aromatic carbocycles. The Morgan fingerprint density at radius 3 is 1.81 bits per heavy atom. The maximum Gasteiger partial charge on any atom is 0.495 e. The molecule has 1 aliphatic rings. The zero-order valence-corrected chi connectivity index (χ0v) is 14.9. The number of hydrogen-bond acceptors (Lipinski definition) is 3. The second-order valence-electron chi connectivity index (χ2n) is 7.38. The van der Waals surface area contributed by atoms with Crippen molar-refractivity contribution in [2.45, 2.75) is 59.7 Å². The van der Waals surface area contributed by atoms with Gasteiger partial charge in [0.25, 0.3) is 0 Å². The lowest BCUT2D eigenvalue weighted by Crippen LogP contribution is -2.41. The van der Waals surface area contributed by atoms with Crippen LogP contribution in [0.1, 0.15) is 44.4 Å². The maximum atomic E-state index is 6.25. The molecule has 21 heavy (non-hydrogen) atoms. The molecule has 1 saturated heterocycles. The van der Waals surface area contributed by atoms with Crippen molar-refractivity contribution in [2.75, 3.05) is 19.0 Å². The Balaban J connectivity index is 2.54. The summed E-state index contributed by atoms with van der Waals surface area (Å²) in [6.45, 7) is 14.8. The summed E-state index contributed by atoms with van der Waals surface area (Å²) in [6, 6.07) is 2.22. The van der Waals surface area contributed by atoms with E-state index in [9.17, 15) is 0 Å². The van der Waals surface area contributed by atoms with Gasteiger partial charge in [0.2, 0.25) is 0 Å². The van der Waals surface area contributed by atoms with Crippen molar-refractivity contribution in [1.29, 1.82) is 0 Å². The van der Waals surface area contributed by atoms with Crippen molar-refractivity contribution in [2.24, 2.45) is 0 Å². The van der Waals surface area contributed by atoms with Crippen molar-refractivity contribution >= 4 is 18.3 Å². The summed E-state index contributed by atoms with van der Waals surface area (Å²) >= 11 is 0. The van der Waals surface area contributed by atoms with E-state index in [2.05, 4.69) is 73.5 Å². The monoisotopic (exact) mass is 289 g/mol. The van der Waals surface area contributed by atoms with Gasteiger partial charge in [-0.15, -0.1) is 0 Å². The molecular weight excluding hydrogens is 261 g/mol. The first-order valence-electron chi connectivity index (χ1n) is 7.61. The van der Waals surface area contributed by atoms with Gasteiger partial charge in [-0.3, -0.25) is 0 Å². The Labute approximate surface area is 129 Å². The Morgan fingerprint density at radius 1 is 0.905 bits per heavy atom. The molecule has 1 aliphatic heterocycles. The highest BCUT2D eigenvalue weighted by molar-refractivity contribution is 6.63. The van der Waals surface area contributed by atoms with E-state index in [1.807, 2.05) is 0 Å². The van der Waals surface area contributed by atoms with Crippen molar-refractivity contribution < 1.29 is 9.31 Å². The summed E-state index contributed by atoms with van der Waals surface area (Å²) in [4.78, 5) is 2.17.